The number of aromatic nitrogens is 1. The lowest BCUT2D eigenvalue weighted by Gasteiger charge is -2.22. The number of aryl methyl sites for hydroxylation is 1. The molecule has 36 heavy (non-hydrogen) atoms. The van der Waals surface area contributed by atoms with Crippen LogP contribution in [0, 0.1) is 12.8 Å². The average Bonchev–Trinajstić information content (AvgIpc) is 3.44. The van der Waals surface area contributed by atoms with Crippen LogP contribution in [0.1, 0.15) is 47.2 Å². The molecule has 2 aliphatic heterocycles. The third kappa shape index (κ3) is 6.22. The molecular formula is C29H35N3O4. The standard InChI is InChI=1S/C29H35N3O4/c1-20-27(32-29(33)23-4-7-25(8-5-23)36-19-26-3-2-12-35-26)9-6-24-15-22(18-31-28(20)24)17-30-16-21-10-13-34-14-11-21/h4-9,15,18,21,26,30H,2-3,10-14,16-17,19H2,1H3,(H,32,33)/t26-/m0/s1. The maximum absolute atomic E-state index is 12.9. The first-order valence-electron chi connectivity index (χ1n) is 13.0. The molecular weight excluding hydrogens is 454 g/mol. The number of nitrogens with one attached hydrogen (secondary N) is 2. The SMILES string of the molecule is Cc1c(NC(=O)c2ccc(OC[C@@H]3CCCO3)cc2)ccc2cc(CNCC3CCOCC3)cnc12. The summed E-state index contributed by atoms with van der Waals surface area (Å²) in [5.41, 5.74) is 4.37. The number of rotatable bonds is 9. The molecule has 7 heteroatoms. The Balaban J connectivity index is 1.17. The van der Waals surface area contributed by atoms with Crippen LogP contribution in [-0.4, -0.2) is 50.0 Å². The predicted molar refractivity (Wildman–Crippen MR) is 141 cm³/mol. The molecule has 1 amide bonds. The van der Waals surface area contributed by atoms with Crippen molar-refractivity contribution in [2.75, 3.05) is 38.3 Å². The van der Waals surface area contributed by atoms with Gasteiger partial charge in [-0.1, -0.05) is 6.07 Å². The van der Waals surface area contributed by atoms with Crippen molar-refractivity contribution in [3.05, 3.63) is 65.4 Å². The van der Waals surface area contributed by atoms with Gasteiger partial charge in [0.05, 0.1) is 11.6 Å². The van der Waals surface area contributed by atoms with E-state index in [9.17, 15) is 4.79 Å². The minimum absolute atomic E-state index is 0.156. The van der Waals surface area contributed by atoms with Crippen LogP contribution >= 0.6 is 0 Å². The lowest BCUT2D eigenvalue weighted by Crippen LogP contribution is -2.27. The van der Waals surface area contributed by atoms with Crippen LogP contribution in [0.3, 0.4) is 0 Å². The maximum Gasteiger partial charge on any atom is 0.255 e. The molecule has 1 aromatic heterocycles. The molecule has 0 bridgehead atoms. The summed E-state index contributed by atoms with van der Waals surface area (Å²) in [4.78, 5) is 17.6. The fourth-order valence-electron chi connectivity index (χ4n) is 4.86. The molecule has 7 nitrogen and oxygen atoms in total. The third-order valence-electron chi connectivity index (χ3n) is 7.09. The van der Waals surface area contributed by atoms with Gasteiger partial charge in [-0.05, 0) is 92.6 Å². The van der Waals surface area contributed by atoms with Crippen LogP contribution < -0.4 is 15.4 Å². The van der Waals surface area contributed by atoms with E-state index in [4.69, 9.17) is 19.2 Å². The minimum atomic E-state index is -0.156. The Bertz CT molecular complexity index is 1170. The predicted octanol–water partition coefficient (Wildman–Crippen LogP) is 4.87. The molecule has 3 aromatic rings. The Kier molecular flexibility index (Phi) is 8.11. The molecule has 1 atom stereocenters. The van der Waals surface area contributed by atoms with Crippen molar-refractivity contribution in [3.63, 3.8) is 0 Å². The summed E-state index contributed by atoms with van der Waals surface area (Å²) in [6.07, 6.45) is 6.48. The normalized spacial score (nSPS) is 18.4. The molecule has 0 unspecified atom stereocenters. The van der Waals surface area contributed by atoms with Crippen LogP contribution in [0.5, 0.6) is 5.75 Å². The first-order chi connectivity index (χ1) is 17.7. The van der Waals surface area contributed by atoms with E-state index in [1.165, 1.54) is 0 Å². The molecule has 0 saturated carbocycles. The molecule has 2 saturated heterocycles. The summed E-state index contributed by atoms with van der Waals surface area (Å²) in [7, 11) is 0. The van der Waals surface area contributed by atoms with Gasteiger partial charge in [0.25, 0.3) is 5.91 Å². The highest BCUT2D eigenvalue weighted by atomic mass is 16.5. The summed E-state index contributed by atoms with van der Waals surface area (Å²) < 4.78 is 16.8. The zero-order valence-electron chi connectivity index (χ0n) is 20.9. The van der Waals surface area contributed by atoms with E-state index in [1.54, 1.807) is 12.1 Å². The number of hydrogen-bond acceptors (Lipinski definition) is 6. The summed E-state index contributed by atoms with van der Waals surface area (Å²) in [6, 6.07) is 13.4. The van der Waals surface area contributed by atoms with Crippen molar-refractivity contribution in [2.45, 2.75) is 45.3 Å². The lowest BCUT2D eigenvalue weighted by molar-refractivity contribution is 0.0662. The van der Waals surface area contributed by atoms with Crippen molar-refractivity contribution < 1.29 is 19.0 Å². The molecule has 2 fully saturated rings. The van der Waals surface area contributed by atoms with Gasteiger partial charge in [-0.3, -0.25) is 9.78 Å². The molecule has 0 aliphatic carbocycles. The van der Waals surface area contributed by atoms with Gasteiger partial charge in [0.1, 0.15) is 12.4 Å². The monoisotopic (exact) mass is 489 g/mol. The van der Waals surface area contributed by atoms with Gasteiger partial charge in [0, 0.05) is 49.2 Å². The van der Waals surface area contributed by atoms with E-state index in [2.05, 4.69) is 16.7 Å². The second-order valence-electron chi connectivity index (χ2n) is 9.76. The van der Waals surface area contributed by atoms with Crippen molar-refractivity contribution in [3.8, 4) is 5.75 Å². The van der Waals surface area contributed by atoms with Crippen molar-refractivity contribution in [1.29, 1.82) is 0 Å². The Hall–Kier alpha value is -3.00. The largest absolute Gasteiger partial charge is 0.491 e. The fraction of sp³-hybridized carbons (Fsp3) is 0.448. The van der Waals surface area contributed by atoms with Crippen LogP contribution in [0.25, 0.3) is 10.9 Å². The van der Waals surface area contributed by atoms with Crippen LogP contribution in [0.4, 0.5) is 5.69 Å². The summed E-state index contributed by atoms with van der Waals surface area (Å²) in [5, 5.41) is 7.68. The van der Waals surface area contributed by atoms with Gasteiger partial charge in [-0.15, -0.1) is 0 Å². The molecule has 2 N–H and O–H groups in total. The Morgan fingerprint density at radius 1 is 1.08 bits per heavy atom. The summed E-state index contributed by atoms with van der Waals surface area (Å²) in [5.74, 6) is 1.28. The number of nitrogens with zero attached hydrogens (tertiary/aromatic N) is 1. The Morgan fingerprint density at radius 3 is 2.69 bits per heavy atom. The second kappa shape index (κ2) is 11.8. The minimum Gasteiger partial charge on any atom is -0.491 e. The van der Waals surface area contributed by atoms with Crippen molar-refractivity contribution >= 4 is 22.5 Å². The highest BCUT2D eigenvalue weighted by Gasteiger charge is 2.17. The van der Waals surface area contributed by atoms with Crippen molar-refractivity contribution in [2.24, 2.45) is 5.92 Å². The lowest BCUT2D eigenvalue weighted by atomic mass is 10.0. The zero-order valence-corrected chi connectivity index (χ0v) is 20.9. The molecule has 5 rings (SSSR count). The molecule has 2 aliphatic rings. The highest BCUT2D eigenvalue weighted by molar-refractivity contribution is 6.06. The quantitative estimate of drug-likeness (QED) is 0.446. The first-order valence-corrected chi connectivity index (χ1v) is 13.0. The van der Waals surface area contributed by atoms with E-state index >= 15 is 0 Å². The zero-order chi connectivity index (χ0) is 24.7. The number of hydrogen-bond donors (Lipinski definition) is 2. The summed E-state index contributed by atoms with van der Waals surface area (Å²) in [6.45, 7) is 6.90. The van der Waals surface area contributed by atoms with Gasteiger partial charge in [0.15, 0.2) is 0 Å². The van der Waals surface area contributed by atoms with E-state index in [0.717, 1.165) is 92.1 Å². The molecule has 2 aromatic carbocycles. The number of fused-ring (bicyclic) bond motifs is 1. The third-order valence-corrected chi connectivity index (χ3v) is 7.09. The number of carbonyl (C=O) groups is 1. The van der Waals surface area contributed by atoms with Crippen LogP contribution in [-0.2, 0) is 16.0 Å². The van der Waals surface area contributed by atoms with Crippen LogP contribution in [0.2, 0.25) is 0 Å². The highest BCUT2D eigenvalue weighted by Crippen LogP contribution is 2.26. The Morgan fingerprint density at radius 2 is 1.92 bits per heavy atom. The van der Waals surface area contributed by atoms with Gasteiger partial charge in [-0.25, -0.2) is 0 Å². The van der Waals surface area contributed by atoms with Gasteiger partial charge >= 0.3 is 0 Å². The molecule has 0 radical (unpaired) electrons. The number of pyridine rings is 1. The Labute approximate surface area is 212 Å². The van der Waals surface area contributed by atoms with E-state index in [1.807, 2.05) is 37.4 Å². The fourth-order valence-corrected chi connectivity index (χ4v) is 4.86. The van der Waals surface area contributed by atoms with Gasteiger partial charge in [-0.2, -0.15) is 0 Å². The maximum atomic E-state index is 12.9. The summed E-state index contributed by atoms with van der Waals surface area (Å²) >= 11 is 0. The van der Waals surface area contributed by atoms with Gasteiger partial charge in [0.2, 0.25) is 0 Å². The number of benzene rings is 2. The number of ether oxygens (including phenoxy) is 3. The van der Waals surface area contributed by atoms with Gasteiger partial charge < -0.3 is 24.8 Å². The van der Waals surface area contributed by atoms with E-state index in [0.29, 0.717) is 18.1 Å². The number of anilines is 1. The first kappa shape index (κ1) is 24.7. The van der Waals surface area contributed by atoms with Crippen molar-refractivity contribution in [1.82, 2.24) is 10.3 Å². The average molecular weight is 490 g/mol. The topological polar surface area (TPSA) is 81.7 Å². The van der Waals surface area contributed by atoms with E-state index in [-0.39, 0.29) is 12.0 Å². The second-order valence-corrected chi connectivity index (χ2v) is 9.76. The smallest absolute Gasteiger partial charge is 0.255 e. The number of amides is 1. The molecule has 190 valence electrons. The van der Waals surface area contributed by atoms with Crippen LogP contribution in [0.15, 0.2) is 48.7 Å². The molecule has 3 heterocycles. The van der Waals surface area contributed by atoms with E-state index < -0.39 is 0 Å². The molecule has 0 spiro atoms. The number of carbonyl (C=O) groups excluding carboxylic acids is 1.